The highest BCUT2D eigenvalue weighted by Crippen LogP contribution is 2.19. The lowest BCUT2D eigenvalue weighted by molar-refractivity contribution is -0.118. The first-order chi connectivity index (χ1) is 10.1. The van der Waals surface area contributed by atoms with E-state index in [0.29, 0.717) is 17.0 Å². The van der Waals surface area contributed by atoms with Crippen molar-refractivity contribution in [1.82, 2.24) is 0 Å². The summed E-state index contributed by atoms with van der Waals surface area (Å²) in [6.07, 6.45) is 0. The monoisotopic (exact) mass is 304 g/mol. The molecule has 0 heterocycles. The summed E-state index contributed by atoms with van der Waals surface area (Å²) in [5.41, 5.74) is 0.819. The molecule has 6 heteroatoms. The molecule has 0 spiro atoms. The number of nitriles is 1. The topological polar surface area (TPSA) is 62.1 Å². The molecule has 0 atom stereocenters. The van der Waals surface area contributed by atoms with E-state index in [1.54, 1.807) is 18.2 Å². The van der Waals surface area contributed by atoms with Crippen molar-refractivity contribution in [2.24, 2.45) is 0 Å². The predicted molar refractivity (Wildman–Crippen MR) is 76.7 cm³/mol. The molecule has 0 aliphatic heterocycles. The summed E-state index contributed by atoms with van der Waals surface area (Å²) in [6, 6.07) is 12.3. The Hall–Kier alpha value is -2.58. The van der Waals surface area contributed by atoms with Crippen molar-refractivity contribution in [2.45, 2.75) is 0 Å². The van der Waals surface area contributed by atoms with E-state index >= 15 is 0 Å². The predicted octanol–water partition coefficient (Wildman–Crippen LogP) is 3.37. The van der Waals surface area contributed by atoms with Crippen molar-refractivity contribution in [3.8, 4) is 11.8 Å². The molecular formula is C15H10ClFN2O2. The third-order valence-electron chi connectivity index (χ3n) is 2.54. The van der Waals surface area contributed by atoms with Gasteiger partial charge in [-0.3, -0.25) is 4.79 Å². The van der Waals surface area contributed by atoms with Crippen LogP contribution in [0.2, 0.25) is 5.02 Å². The Balaban J connectivity index is 1.92. The zero-order chi connectivity index (χ0) is 15.2. The fourth-order valence-electron chi connectivity index (χ4n) is 1.58. The van der Waals surface area contributed by atoms with Crippen LogP contribution >= 0.6 is 11.6 Å². The molecule has 0 fully saturated rings. The van der Waals surface area contributed by atoms with Crippen LogP contribution in [0.25, 0.3) is 0 Å². The maximum atomic E-state index is 13.0. The van der Waals surface area contributed by atoms with Gasteiger partial charge in [0.2, 0.25) is 0 Å². The lowest BCUT2D eigenvalue weighted by Gasteiger charge is -2.08. The number of hydrogen-bond donors (Lipinski definition) is 1. The van der Waals surface area contributed by atoms with E-state index in [9.17, 15) is 9.18 Å². The minimum atomic E-state index is -0.556. The molecular weight excluding hydrogens is 295 g/mol. The van der Waals surface area contributed by atoms with Crippen molar-refractivity contribution >= 4 is 23.2 Å². The normalized spacial score (nSPS) is 9.76. The molecule has 1 N–H and O–H groups in total. The standard InChI is InChI=1S/C15H10ClFN2O2/c16-13-7-11(4-5-14(13)17)19-15(20)9-21-12-3-1-2-10(6-12)8-18/h1-7H,9H2,(H,19,20). The highest BCUT2D eigenvalue weighted by Gasteiger charge is 2.06. The van der Waals surface area contributed by atoms with Crippen LogP contribution < -0.4 is 10.1 Å². The molecule has 4 nitrogen and oxygen atoms in total. The minimum Gasteiger partial charge on any atom is -0.484 e. The van der Waals surface area contributed by atoms with E-state index in [1.165, 1.54) is 18.2 Å². The lowest BCUT2D eigenvalue weighted by Crippen LogP contribution is -2.20. The summed E-state index contributed by atoms with van der Waals surface area (Å²) in [5.74, 6) is -0.555. The molecule has 2 aromatic carbocycles. The first-order valence-electron chi connectivity index (χ1n) is 5.96. The Morgan fingerprint density at radius 1 is 1.33 bits per heavy atom. The number of halogens is 2. The summed E-state index contributed by atoms with van der Waals surface area (Å²) in [5, 5.41) is 11.2. The van der Waals surface area contributed by atoms with Crippen molar-refractivity contribution in [3.05, 3.63) is 58.9 Å². The fourth-order valence-corrected chi connectivity index (χ4v) is 1.76. The van der Waals surface area contributed by atoms with E-state index < -0.39 is 11.7 Å². The quantitative estimate of drug-likeness (QED) is 0.942. The Kier molecular flexibility index (Phi) is 4.75. The SMILES string of the molecule is N#Cc1cccc(OCC(=O)Nc2ccc(F)c(Cl)c2)c1. The first-order valence-corrected chi connectivity index (χ1v) is 6.34. The number of carbonyl (C=O) groups is 1. The number of ether oxygens (including phenoxy) is 1. The largest absolute Gasteiger partial charge is 0.484 e. The van der Waals surface area contributed by atoms with Gasteiger partial charge in [0.15, 0.2) is 6.61 Å². The summed E-state index contributed by atoms with van der Waals surface area (Å²) in [7, 11) is 0. The number of hydrogen-bond acceptors (Lipinski definition) is 3. The summed E-state index contributed by atoms with van der Waals surface area (Å²) in [6.45, 7) is -0.232. The molecule has 0 unspecified atom stereocenters. The van der Waals surface area contributed by atoms with Crippen LogP contribution in [0, 0.1) is 17.1 Å². The number of nitrogens with one attached hydrogen (secondary N) is 1. The maximum absolute atomic E-state index is 13.0. The third kappa shape index (κ3) is 4.20. The van der Waals surface area contributed by atoms with Gasteiger partial charge in [-0.25, -0.2) is 4.39 Å². The zero-order valence-corrected chi connectivity index (χ0v) is 11.5. The van der Waals surface area contributed by atoms with Crippen LogP contribution in [-0.2, 0) is 4.79 Å². The van der Waals surface area contributed by atoms with Gasteiger partial charge in [-0.2, -0.15) is 5.26 Å². The molecule has 0 saturated heterocycles. The van der Waals surface area contributed by atoms with Crippen LogP contribution in [0.15, 0.2) is 42.5 Å². The zero-order valence-electron chi connectivity index (χ0n) is 10.8. The first kappa shape index (κ1) is 14.8. The molecule has 0 radical (unpaired) electrons. The van der Waals surface area contributed by atoms with E-state index in [4.69, 9.17) is 21.6 Å². The average molecular weight is 305 g/mol. The summed E-state index contributed by atoms with van der Waals surface area (Å²) < 4.78 is 18.2. The highest BCUT2D eigenvalue weighted by molar-refractivity contribution is 6.31. The molecule has 0 aliphatic rings. The van der Waals surface area contributed by atoms with E-state index in [0.717, 1.165) is 6.07 Å². The number of carbonyl (C=O) groups excluding carboxylic acids is 1. The molecule has 0 aliphatic carbocycles. The van der Waals surface area contributed by atoms with Gasteiger partial charge >= 0.3 is 0 Å². The average Bonchev–Trinajstić information content (AvgIpc) is 2.49. The Labute approximate surface area is 125 Å². The minimum absolute atomic E-state index is 0.0737. The van der Waals surface area contributed by atoms with Gasteiger partial charge < -0.3 is 10.1 Å². The maximum Gasteiger partial charge on any atom is 0.262 e. The Morgan fingerprint density at radius 3 is 2.86 bits per heavy atom. The van der Waals surface area contributed by atoms with Crippen LogP contribution in [0.4, 0.5) is 10.1 Å². The lowest BCUT2D eigenvalue weighted by atomic mass is 10.2. The van der Waals surface area contributed by atoms with Gasteiger partial charge in [0, 0.05) is 5.69 Å². The second-order valence-corrected chi connectivity index (χ2v) is 4.51. The summed E-state index contributed by atoms with van der Waals surface area (Å²) in [4.78, 5) is 11.7. The molecule has 106 valence electrons. The number of anilines is 1. The molecule has 0 saturated carbocycles. The van der Waals surface area contributed by atoms with Crippen molar-refractivity contribution < 1.29 is 13.9 Å². The molecule has 0 bridgehead atoms. The van der Waals surface area contributed by atoms with E-state index in [-0.39, 0.29) is 11.6 Å². The molecule has 2 rings (SSSR count). The van der Waals surface area contributed by atoms with Gasteiger partial charge in [0.25, 0.3) is 5.91 Å². The number of nitrogens with zero attached hydrogens (tertiary/aromatic N) is 1. The van der Waals surface area contributed by atoms with Crippen molar-refractivity contribution in [1.29, 1.82) is 5.26 Å². The van der Waals surface area contributed by atoms with Crippen LogP contribution in [0.3, 0.4) is 0 Å². The van der Waals surface area contributed by atoms with Crippen molar-refractivity contribution in [2.75, 3.05) is 11.9 Å². The van der Waals surface area contributed by atoms with Crippen LogP contribution in [-0.4, -0.2) is 12.5 Å². The smallest absolute Gasteiger partial charge is 0.262 e. The molecule has 1 amide bonds. The van der Waals surface area contributed by atoms with E-state index in [1.807, 2.05) is 6.07 Å². The number of rotatable bonds is 4. The number of amides is 1. The second kappa shape index (κ2) is 6.73. The van der Waals surface area contributed by atoms with Gasteiger partial charge in [-0.05, 0) is 36.4 Å². The van der Waals surface area contributed by atoms with Crippen molar-refractivity contribution in [3.63, 3.8) is 0 Å². The Morgan fingerprint density at radius 2 is 2.14 bits per heavy atom. The van der Waals surface area contributed by atoms with Gasteiger partial charge in [-0.15, -0.1) is 0 Å². The van der Waals surface area contributed by atoms with Gasteiger partial charge in [-0.1, -0.05) is 17.7 Å². The van der Waals surface area contributed by atoms with Gasteiger partial charge in [0.05, 0.1) is 16.7 Å². The fraction of sp³-hybridized carbons (Fsp3) is 0.0667. The molecule has 21 heavy (non-hydrogen) atoms. The molecule has 0 aromatic heterocycles. The van der Waals surface area contributed by atoms with Gasteiger partial charge in [0.1, 0.15) is 11.6 Å². The third-order valence-corrected chi connectivity index (χ3v) is 2.83. The molecule has 2 aromatic rings. The Bertz CT molecular complexity index is 713. The second-order valence-electron chi connectivity index (χ2n) is 4.11. The van der Waals surface area contributed by atoms with Crippen LogP contribution in [0.1, 0.15) is 5.56 Å². The highest BCUT2D eigenvalue weighted by atomic mass is 35.5. The van der Waals surface area contributed by atoms with Crippen LogP contribution in [0.5, 0.6) is 5.75 Å². The number of benzene rings is 2. The summed E-state index contributed by atoms with van der Waals surface area (Å²) >= 11 is 5.62. The van der Waals surface area contributed by atoms with E-state index in [2.05, 4.69) is 5.32 Å².